The Balaban J connectivity index is 0.000000410. The molecule has 77 heavy (non-hydrogen) atoms. The molecular weight excluding hydrogens is 1170 g/mol. The van der Waals surface area contributed by atoms with Crippen LogP contribution in [-0.4, -0.2) is 81.6 Å². The molecule has 3 unspecified atom stereocenters. The van der Waals surface area contributed by atoms with Crippen LogP contribution in [0.1, 0.15) is 81.1 Å². The number of alkyl halides is 2. The van der Waals surface area contributed by atoms with Crippen LogP contribution in [0.5, 0.6) is 0 Å². The van der Waals surface area contributed by atoms with Gasteiger partial charge >= 0.3 is 14.7 Å². The maximum absolute atomic E-state index is 14.3. The molecule has 0 fully saturated rings. The summed E-state index contributed by atoms with van der Waals surface area (Å²) < 4.78 is 53.2. The zero-order valence-corrected chi connectivity index (χ0v) is 53.0. The Labute approximate surface area is 486 Å². The van der Waals surface area contributed by atoms with Crippen LogP contribution in [-0.2, 0) is 22.7 Å². The zero-order chi connectivity index (χ0) is 57.3. The molecule has 20 heteroatoms. The Morgan fingerprint density at radius 2 is 0.675 bits per heavy atom. The van der Waals surface area contributed by atoms with Crippen molar-refractivity contribution in [1.29, 1.82) is 0 Å². The fourth-order valence-corrected chi connectivity index (χ4v) is 17.8. The molecule has 0 aromatic heterocycles. The van der Waals surface area contributed by atoms with Crippen molar-refractivity contribution in [1.82, 2.24) is 0 Å². The average Bonchev–Trinajstić information content (AvgIpc) is 3.39. The first-order valence-corrected chi connectivity index (χ1v) is 36.1. The average molecular weight is 1240 g/mol. The van der Waals surface area contributed by atoms with Crippen molar-refractivity contribution < 1.29 is 47.3 Å². The van der Waals surface area contributed by atoms with Gasteiger partial charge in [0.1, 0.15) is 0 Å². The van der Waals surface area contributed by atoms with Crippen LogP contribution in [0.4, 0.5) is 0 Å². The largest absolute Gasteiger partial charge is 0.395 e. The molecule has 0 aliphatic rings. The van der Waals surface area contributed by atoms with Crippen LogP contribution in [0.3, 0.4) is 0 Å². The predicted octanol–water partition coefficient (Wildman–Crippen LogP) is 15.5. The first-order chi connectivity index (χ1) is 36.5. The second kappa shape index (κ2) is 34.4. The van der Waals surface area contributed by atoms with E-state index in [0.717, 1.165) is 61.6 Å². The van der Waals surface area contributed by atoms with E-state index in [1.54, 1.807) is 100 Å². The summed E-state index contributed by atoms with van der Waals surface area (Å²) in [7, 11) is -1.66. The monoisotopic (exact) mass is 1240 g/mol. The molecule has 0 heterocycles. The molecule has 416 valence electrons. The molecule has 6 aromatic rings. The van der Waals surface area contributed by atoms with Crippen molar-refractivity contribution in [2.75, 3.05) is 54.8 Å². The summed E-state index contributed by atoms with van der Waals surface area (Å²) in [6, 6.07) is 37.3. The van der Waals surface area contributed by atoms with E-state index >= 15 is 0 Å². The Hall–Kier alpha value is -2.87. The van der Waals surface area contributed by atoms with Crippen LogP contribution in [0.25, 0.3) is 0 Å². The molecule has 3 atom stereocenters. The molecule has 0 aliphatic heterocycles. The SMILES string of the molecule is Cc1cc(C)c(C(=O)P(=O)(Cl)c2ccccc2)c(C)c1.Cc1cc(C)c(C(=O)P(=O)(OCCSSCCOP(=O)(C(=O)c2c(C)cc(C)cc2C)c2ccccc2)c2ccccc2)c(C)c1.ClCCl.OCCSSCCO. The predicted molar refractivity (Wildman–Crippen MR) is 334 cm³/mol. The van der Waals surface area contributed by atoms with E-state index in [-0.39, 0.29) is 31.8 Å². The molecule has 0 aliphatic carbocycles. The van der Waals surface area contributed by atoms with Crippen molar-refractivity contribution in [2.24, 2.45) is 0 Å². The zero-order valence-electron chi connectivity index (χ0n) is 44.8. The first-order valence-electron chi connectivity index (χ1n) is 24.2. The minimum atomic E-state index is -3.88. The van der Waals surface area contributed by atoms with Gasteiger partial charge in [-0.3, -0.25) is 28.1 Å². The normalized spacial score (nSPS) is 13.2. The molecule has 6 rings (SSSR count). The van der Waals surface area contributed by atoms with E-state index in [1.807, 2.05) is 111 Å². The number of hydrogen-bond acceptors (Lipinski definition) is 14. The molecule has 0 amide bonds. The number of aliphatic hydroxyl groups is 2. The highest BCUT2D eigenvalue weighted by Gasteiger charge is 2.39. The summed E-state index contributed by atoms with van der Waals surface area (Å²) in [4.78, 5) is 40.2. The lowest BCUT2D eigenvalue weighted by molar-refractivity contribution is 0.104. The molecule has 0 saturated heterocycles. The Morgan fingerprint density at radius 3 is 0.948 bits per heavy atom. The minimum Gasteiger partial charge on any atom is -0.395 e. The smallest absolute Gasteiger partial charge is 0.300 e. The van der Waals surface area contributed by atoms with Crippen LogP contribution < -0.4 is 15.9 Å². The number of benzene rings is 6. The van der Waals surface area contributed by atoms with Gasteiger partial charge in [-0.25, -0.2) is 0 Å². The van der Waals surface area contributed by atoms with Gasteiger partial charge in [-0.05, 0) is 143 Å². The summed E-state index contributed by atoms with van der Waals surface area (Å²) in [5.41, 5.74) is 7.69. The van der Waals surface area contributed by atoms with E-state index in [2.05, 4.69) is 0 Å². The van der Waals surface area contributed by atoms with E-state index in [0.29, 0.717) is 44.1 Å². The van der Waals surface area contributed by atoms with Gasteiger partial charge < -0.3 is 19.3 Å². The number of aliphatic hydroxyl groups excluding tert-OH is 2. The highest BCUT2D eigenvalue weighted by molar-refractivity contribution is 8.77. The van der Waals surface area contributed by atoms with Gasteiger partial charge in [-0.15, -0.1) is 23.2 Å². The molecular formula is C57H68Cl3O10P3S4. The van der Waals surface area contributed by atoms with Crippen LogP contribution in [0, 0.1) is 62.3 Å². The topological polar surface area (TPSA) is 161 Å². The number of carbonyl (C=O) groups excluding carboxylic acids is 3. The first kappa shape index (κ1) is 68.4. The molecule has 0 spiro atoms. The third-order valence-corrected chi connectivity index (χ3v) is 23.2. The number of aryl methyl sites for hydroxylation is 9. The van der Waals surface area contributed by atoms with E-state index < -0.39 is 37.8 Å². The van der Waals surface area contributed by atoms with Gasteiger partial charge in [0.25, 0.3) is 17.5 Å². The van der Waals surface area contributed by atoms with E-state index in [1.165, 1.54) is 21.6 Å². The van der Waals surface area contributed by atoms with Crippen molar-refractivity contribution in [3.05, 3.63) is 194 Å². The maximum Gasteiger partial charge on any atom is 0.300 e. The summed E-state index contributed by atoms with van der Waals surface area (Å²) in [6.07, 6.45) is 0. The molecule has 6 aromatic carbocycles. The standard InChI is InChI=1S/C36H40O6P2S2.C16H16ClO2P.C4H10O2S2.CH2Cl2/c1-25-21-27(3)33(28(4)22-25)35(37)43(39,31-13-9-7-10-14-31)41-17-19-45-46-20-18-42-44(40,32-15-11-8-12-16-32)36(38)34-29(5)23-26(2)24-30(34)6;1-11-9-12(2)15(13(3)10-11)16(18)20(17,19)14-7-5-4-6-8-14;5-1-3-7-8-4-2-6;2-1-3/h7-16,21-24H,17-20H2,1-6H3;4-10H,1-3H3;5-6H,1-4H2;1H2. The minimum absolute atomic E-state index is 0.0906. The lowest BCUT2D eigenvalue weighted by Crippen LogP contribution is -2.18. The molecule has 0 radical (unpaired) electrons. The second-order valence-electron chi connectivity index (χ2n) is 17.4. The van der Waals surface area contributed by atoms with Gasteiger partial charge in [0.15, 0.2) is 0 Å². The Morgan fingerprint density at radius 1 is 0.429 bits per heavy atom. The number of carbonyl (C=O) groups is 3. The number of hydrogen-bond donors (Lipinski definition) is 2. The van der Waals surface area contributed by atoms with Gasteiger partial charge in [0.05, 0.1) is 31.8 Å². The second-order valence-corrected chi connectivity index (χ2v) is 31.6. The van der Waals surface area contributed by atoms with Crippen molar-refractivity contribution in [3.8, 4) is 0 Å². The molecule has 0 saturated carbocycles. The quantitative estimate of drug-likeness (QED) is 0.0270. The lowest BCUT2D eigenvalue weighted by atomic mass is 10.0. The van der Waals surface area contributed by atoms with E-state index in [4.69, 9.17) is 53.7 Å². The Kier molecular flexibility index (Phi) is 30.6. The van der Waals surface area contributed by atoms with Gasteiger partial charge in [-0.1, -0.05) is 151 Å². The number of halogens is 3. The van der Waals surface area contributed by atoms with Crippen molar-refractivity contribution in [2.45, 2.75) is 62.3 Å². The molecule has 2 N–H and O–H groups in total. The summed E-state index contributed by atoms with van der Waals surface area (Å²) in [5, 5.41) is 17.8. The number of rotatable bonds is 23. The highest BCUT2D eigenvalue weighted by Crippen LogP contribution is 2.54. The summed E-state index contributed by atoms with van der Waals surface area (Å²) >= 11 is 15.7. The van der Waals surface area contributed by atoms with Gasteiger partial charge in [-0.2, -0.15) is 0 Å². The van der Waals surface area contributed by atoms with Gasteiger partial charge in [0.2, 0.25) is 5.52 Å². The van der Waals surface area contributed by atoms with Crippen molar-refractivity contribution in [3.63, 3.8) is 0 Å². The van der Waals surface area contributed by atoms with Crippen LogP contribution in [0.2, 0.25) is 0 Å². The van der Waals surface area contributed by atoms with E-state index in [9.17, 15) is 28.1 Å². The Bertz CT molecular complexity index is 2820. The van der Waals surface area contributed by atoms with Crippen LogP contribution in [0.15, 0.2) is 127 Å². The maximum atomic E-state index is 14.3. The molecule has 0 bridgehead atoms. The highest BCUT2D eigenvalue weighted by atomic mass is 35.7. The van der Waals surface area contributed by atoms with Crippen LogP contribution >= 0.6 is 98.9 Å². The third-order valence-electron chi connectivity index (χ3n) is 11.1. The summed E-state index contributed by atoms with van der Waals surface area (Å²) in [6.45, 7) is 14.0. The van der Waals surface area contributed by atoms with Gasteiger partial charge in [0, 0.05) is 55.6 Å². The van der Waals surface area contributed by atoms with Crippen molar-refractivity contribution >= 4 is 131 Å². The summed E-state index contributed by atoms with van der Waals surface area (Å²) in [5.74, 6) is 2.42. The molecule has 10 nitrogen and oxygen atoms in total. The third kappa shape index (κ3) is 20.3. The fraction of sp³-hybridized carbons (Fsp3) is 0.316. The fourth-order valence-electron chi connectivity index (χ4n) is 8.19. The lowest BCUT2D eigenvalue weighted by Gasteiger charge is -2.20.